The summed E-state index contributed by atoms with van der Waals surface area (Å²) in [6.07, 6.45) is 5.86. The lowest BCUT2D eigenvalue weighted by molar-refractivity contribution is -0.0472. The van der Waals surface area contributed by atoms with Gasteiger partial charge >= 0.3 is 0 Å². The van der Waals surface area contributed by atoms with Gasteiger partial charge in [-0.05, 0) is 36.2 Å². The number of rotatable bonds is 5. The zero-order chi connectivity index (χ0) is 16.4. The van der Waals surface area contributed by atoms with E-state index in [1.165, 1.54) is 43.3 Å². The zero-order valence-corrected chi connectivity index (χ0v) is 16.5. The molecule has 1 nitrogen and oxygen atoms in total. The molecule has 0 N–H and O–H groups in total. The fraction of sp³-hybridized carbons (Fsp3) is 0.714. The molecule has 1 aromatic carbocycles. The van der Waals surface area contributed by atoms with Gasteiger partial charge in [-0.25, -0.2) is 0 Å². The number of hydrogen-bond acceptors (Lipinski definition) is 1. The lowest BCUT2D eigenvalue weighted by atomic mass is 9.75. The van der Waals surface area contributed by atoms with Gasteiger partial charge in [-0.1, -0.05) is 81.7 Å². The van der Waals surface area contributed by atoms with Crippen LogP contribution in [0.2, 0.25) is 18.6 Å². The third-order valence-electron chi connectivity index (χ3n) is 6.53. The maximum absolute atomic E-state index is 6.39. The monoisotopic (exact) mass is 330 g/mol. The number of benzene rings is 1. The van der Waals surface area contributed by atoms with Crippen molar-refractivity contribution in [1.82, 2.24) is 0 Å². The van der Waals surface area contributed by atoms with Gasteiger partial charge < -0.3 is 4.74 Å². The summed E-state index contributed by atoms with van der Waals surface area (Å²) in [7, 11) is -1.03. The Morgan fingerprint density at radius 2 is 1.83 bits per heavy atom. The van der Waals surface area contributed by atoms with E-state index in [2.05, 4.69) is 51.6 Å². The maximum Gasteiger partial charge on any atom is 0.0836 e. The first kappa shape index (κ1) is 17.2. The lowest BCUT2D eigenvalue weighted by Gasteiger charge is -2.37. The fourth-order valence-electron chi connectivity index (χ4n) is 4.51. The van der Waals surface area contributed by atoms with E-state index in [0.717, 1.165) is 24.4 Å². The van der Waals surface area contributed by atoms with Gasteiger partial charge in [0.15, 0.2) is 0 Å². The van der Waals surface area contributed by atoms with Crippen LogP contribution in [0.25, 0.3) is 0 Å². The Hall–Kier alpha value is -0.603. The quantitative estimate of drug-likeness (QED) is 0.661. The standard InChI is InChI=1S/C21H34OSi/c1-16(2)20-11-6-17(3)14-21(20)22-15-18-7-9-19(10-8-18)23(4)12-5-13-23/h7-10,16-17,20-21H,5-6,11-15H2,1-4H3/t17-,20+,21-/m1/s1. The second-order valence-corrected chi connectivity index (χ2v) is 13.5. The van der Waals surface area contributed by atoms with Crippen LogP contribution in [0.5, 0.6) is 0 Å². The number of hydrogen-bond donors (Lipinski definition) is 0. The Balaban J connectivity index is 1.58. The van der Waals surface area contributed by atoms with Crippen LogP contribution in [0.15, 0.2) is 24.3 Å². The van der Waals surface area contributed by atoms with Gasteiger partial charge in [0.2, 0.25) is 0 Å². The Morgan fingerprint density at radius 3 is 2.39 bits per heavy atom. The predicted molar refractivity (Wildman–Crippen MR) is 102 cm³/mol. The van der Waals surface area contributed by atoms with E-state index in [1.807, 2.05) is 0 Å². The van der Waals surface area contributed by atoms with E-state index in [4.69, 9.17) is 4.74 Å². The van der Waals surface area contributed by atoms with Crippen LogP contribution in [-0.4, -0.2) is 14.2 Å². The minimum atomic E-state index is -1.03. The molecule has 1 aliphatic carbocycles. The van der Waals surface area contributed by atoms with Crippen LogP contribution in [0.1, 0.15) is 52.0 Å². The summed E-state index contributed by atoms with van der Waals surface area (Å²) in [6.45, 7) is 10.4. The summed E-state index contributed by atoms with van der Waals surface area (Å²) in [4.78, 5) is 0. The van der Waals surface area contributed by atoms with Gasteiger partial charge in [0, 0.05) is 0 Å². The van der Waals surface area contributed by atoms with Crippen LogP contribution in [0, 0.1) is 17.8 Å². The second-order valence-electron chi connectivity index (χ2n) is 8.79. The maximum atomic E-state index is 6.39. The Kier molecular flexibility index (Phi) is 5.32. The highest BCUT2D eigenvalue weighted by Crippen LogP contribution is 2.36. The van der Waals surface area contributed by atoms with Crippen LogP contribution in [-0.2, 0) is 11.3 Å². The molecular weight excluding hydrogens is 296 g/mol. The molecule has 3 atom stereocenters. The summed E-state index contributed by atoms with van der Waals surface area (Å²) < 4.78 is 6.39. The first-order valence-electron chi connectivity index (χ1n) is 9.69. The van der Waals surface area contributed by atoms with Crippen LogP contribution in [0.4, 0.5) is 0 Å². The van der Waals surface area contributed by atoms with Gasteiger partial charge in [-0.3, -0.25) is 0 Å². The van der Waals surface area contributed by atoms with Gasteiger partial charge in [0.25, 0.3) is 0 Å². The van der Waals surface area contributed by atoms with E-state index >= 15 is 0 Å². The van der Waals surface area contributed by atoms with Crippen molar-refractivity contribution >= 4 is 13.3 Å². The molecule has 2 heteroatoms. The molecule has 2 aliphatic rings. The number of ether oxygens (including phenoxy) is 1. The highest BCUT2D eigenvalue weighted by molar-refractivity contribution is 6.92. The summed E-state index contributed by atoms with van der Waals surface area (Å²) >= 11 is 0. The van der Waals surface area contributed by atoms with Gasteiger partial charge in [-0.2, -0.15) is 0 Å². The van der Waals surface area contributed by atoms with Crippen LogP contribution >= 0.6 is 0 Å². The van der Waals surface area contributed by atoms with E-state index < -0.39 is 8.07 Å². The lowest BCUT2D eigenvalue weighted by Crippen LogP contribution is -2.50. The summed E-state index contributed by atoms with van der Waals surface area (Å²) in [5.41, 5.74) is 1.35. The largest absolute Gasteiger partial charge is 0.373 e. The molecule has 3 rings (SSSR count). The fourth-order valence-corrected chi connectivity index (χ4v) is 7.47. The molecule has 23 heavy (non-hydrogen) atoms. The van der Waals surface area contributed by atoms with E-state index in [1.54, 1.807) is 5.19 Å². The zero-order valence-electron chi connectivity index (χ0n) is 15.5. The highest BCUT2D eigenvalue weighted by atomic mass is 28.3. The summed E-state index contributed by atoms with van der Waals surface area (Å²) in [5.74, 6) is 2.30. The summed E-state index contributed by atoms with van der Waals surface area (Å²) in [6, 6.07) is 12.4. The molecule has 0 bridgehead atoms. The Morgan fingerprint density at radius 1 is 1.13 bits per heavy atom. The molecule has 1 aromatic rings. The van der Waals surface area contributed by atoms with Gasteiger partial charge in [0.1, 0.15) is 0 Å². The average molecular weight is 331 g/mol. The smallest absolute Gasteiger partial charge is 0.0836 e. The van der Waals surface area contributed by atoms with Crippen molar-refractivity contribution in [3.05, 3.63) is 29.8 Å². The highest BCUT2D eigenvalue weighted by Gasteiger charge is 2.36. The second kappa shape index (κ2) is 7.10. The van der Waals surface area contributed by atoms with Gasteiger partial charge in [0.05, 0.1) is 20.8 Å². The molecular formula is C21H34OSi. The molecule has 0 amide bonds. The van der Waals surface area contributed by atoms with Crippen molar-refractivity contribution in [2.75, 3.05) is 0 Å². The minimum Gasteiger partial charge on any atom is -0.373 e. The third kappa shape index (κ3) is 3.91. The van der Waals surface area contributed by atoms with E-state index in [0.29, 0.717) is 6.10 Å². The van der Waals surface area contributed by atoms with E-state index in [-0.39, 0.29) is 0 Å². The molecule has 2 fully saturated rings. The van der Waals surface area contributed by atoms with Crippen molar-refractivity contribution in [2.24, 2.45) is 17.8 Å². The van der Waals surface area contributed by atoms with Gasteiger partial charge in [-0.15, -0.1) is 0 Å². The molecule has 1 saturated carbocycles. The normalized spacial score (nSPS) is 30.2. The third-order valence-corrected chi connectivity index (χ3v) is 11.2. The van der Waals surface area contributed by atoms with Crippen LogP contribution in [0.3, 0.4) is 0 Å². The molecule has 0 unspecified atom stereocenters. The van der Waals surface area contributed by atoms with Crippen molar-refractivity contribution in [2.45, 2.75) is 77.8 Å². The minimum absolute atomic E-state index is 0.456. The van der Waals surface area contributed by atoms with Crippen LogP contribution < -0.4 is 5.19 Å². The SMILES string of the molecule is CC(C)[C@@H]1CC[C@@H](C)C[C@H]1OCc1ccc([Si]2(C)CCC2)cc1. The first-order chi connectivity index (χ1) is 11.0. The Labute approximate surface area is 143 Å². The van der Waals surface area contributed by atoms with Crippen molar-refractivity contribution < 1.29 is 4.74 Å². The summed E-state index contributed by atoms with van der Waals surface area (Å²) in [5, 5.41) is 1.65. The molecule has 0 radical (unpaired) electrons. The molecule has 1 heterocycles. The molecule has 0 spiro atoms. The van der Waals surface area contributed by atoms with Crippen molar-refractivity contribution in [3.8, 4) is 0 Å². The average Bonchev–Trinajstić information content (AvgIpc) is 2.51. The Bertz CT molecular complexity index is 503. The molecule has 1 aliphatic heterocycles. The molecule has 128 valence electrons. The van der Waals surface area contributed by atoms with E-state index in [9.17, 15) is 0 Å². The van der Waals surface area contributed by atoms with Crippen molar-refractivity contribution in [3.63, 3.8) is 0 Å². The topological polar surface area (TPSA) is 9.23 Å². The molecule has 0 aromatic heterocycles. The predicted octanol–water partition coefficient (Wildman–Crippen LogP) is 5.35. The molecule has 1 saturated heterocycles. The first-order valence-corrected chi connectivity index (χ1v) is 12.6. The van der Waals surface area contributed by atoms with Crippen molar-refractivity contribution in [1.29, 1.82) is 0 Å².